The number of rotatable bonds is 6. The highest BCUT2D eigenvalue weighted by Gasteiger charge is 2.19. The monoisotopic (exact) mass is 254 g/mol. The molecular weight excluding hydrogens is 236 g/mol. The molecule has 0 aliphatic rings. The molecule has 0 spiro atoms. The van der Waals surface area contributed by atoms with Crippen LogP contribution in [0, 0.1) is 0 Å². The van der Waals surface area contributed by atoms with Crippen LogP contribution in [0.25, 0.3) is 0 Å². The lowest BCUT2D eigenvalue weighted by molar-refractivity contribution is -0.138. The summed E-state index contributed by atoms with van der Waals surface area (Å²) in [5, 5.41) is 11.4. The molecule has 1 heterocycles. The van der Waals surface area contributed by atoms with Gasteiger partial charge in [-0.2, -0.15) is 0 Å². The third kappa shape index (κ3) is 4.48. The van der Waals surface area contributed by atoms with Gasteiger partial charge in [0.05, 0.1) is 6.26 Å². The van der Waals surface area contributed by atoms with Gasteiger partial charge in [0, 0.05) is 19.0 Å². The molecule has 0 radical (unpaired) electrons. The summed E-state index contributed by atoms with van der Waals surface area (Å²) in [5.74, 6) is -0.241. The normalized spacial score (nSPS) is 10.4. The topological polar surface area (TPSA) is 82.8 Å². The summed E-state index contributed by atoms with van der Waals surface area (Å²) in [6, 6.07) is 3.06. The first kappa shape index (κ1) is 14.1. The van der Waals surface area contributed by atoms with Crippen molar-refractivity contribution in [3.8, 4) is 0 Å². The number of hydrogen-bond acceptors (Lipinski definition) is 3. The largest absolute Gasteiger partial charge is 0.480 e. The molecular formula is C12H18N2O4. The van der Waals surface area contributed by atoms with E-state index in [1.165, 1.54) is 4.90 Å². The number of nitrogens with one attached hydrogen (secondary N) is 1. The van der Waals surface area contributed by atoms with Gasteiger partial charge in [-0.25, -0.2) is 4.79 Å². The third-order valence-corrected chi connectivity index (χ3v) is 2.42. The summed E-state index contributed by atoms with van der Waals surface area (Å²) in [6.07, 6.45) is 2.15. The summed E-state index contributed by atoms with van der Waals surface area (Å²) < 4.78 is 5.13. The molecule has 0 saturated heterocycles. The highest BCUT2D eigenvalue weighted by Crippen LogP contribution is 2.01. The van der Waals surface area contributed by atoms with Crippen LogP contribution in [-0.4, -0.2) is 41.1 Å². The molecule has 6 nitrogen and oxygen atoms in total. The maximum absolute atomic E-state index is 11.8. The van der Waals surface area contributed by atoms with Gasteiger partial charge in [-0.15, -0.1) is 0 Å². The predicted molar refractivity (Wildman–Crippen MR) is 65.3 cm³/mol. The highest BCUT2D eigenvalue weighted by atomic mass is 16.4. The molecule has 2 amide bonds. The Morgan fingerprint density at radius 3 is 2.72 bits per heavy atom. The van der Waals surface area contributed by atoms with Crippen molar-refractivity contribution >= 4 is 12.0 Å². The standard InChI is InChI=1S/C12H18N2O4/c1-9(2)14(8-11(15)16)12(17)13-6-5-10-4-3-7-18-10/h3-4,7,9H,5-6,8H2,1-2H3,(H,13,17)(H,15,16). The molecule has 0 saturated carbocycles. The number of aliphatic carboxylic acids is 1. The van der Waals surface area contributed by atoms with Crippen molar-refractivity contribution in [3.63, 3.8) is 0 Å². The lowest BCUT2D eigenvalue weighted by atomic mass is 10.3. The number of amides is 2. The van der Waals surface area contributed by atoms with Crippen LogP contribution < -0.4 is 5.32 Å². The summed E-state index contributed by atoms with van der Waals surface area (Å²) in [5.41, 5.74) is 0. The van der Waals surface area contributed by atoms with Gasteiger partial charge in [-0.3, -0.25) is 4.79 Å². The van der Waals surface area contributed by atoms with Crippen LogP contribution in [-0.2, 0) is 11.2 Å². The summed E-state index contributed by atoms with van der Waals surface area (Å²) in [6.45, 7) is 3.66. The van der Waals surface area contributed by atoms with E-state index in [1.807, 2.05) is 6.07 Å². The van der Waals surface area contributed by atoms with E-state index in [0.29, 0.717) is 13.0 Å². The van der Waals surface area contributed by atoms with E-state index < -0.39 is 5.97 Å². The number of carbonyl (C=O) groups is 2. The molecule has 0 aliphatic heterocycles. The zero-order valence-corrected chi connectivity index (χ0v) is 10.5. The number of nitrogens with zero attached hydrogens (tertiary/aromatic N) is 1. The van der Waals surface area contributed by atoms with Crippen LogP contribution in [0.3, 0.4) is 0 Å². The van der Waals surface area contributed by atoms with Crippen molar-refractivity contribution in [2.24, 2.45) is 0 Å². The Kier molecular flexibility index (Phi) is 5.23. The van der Waals surface area contributed by atoms with Crippen molar-refractivity contribution in [1.82, 2.24) is 10.2 Å². The van der Waals surface area contributed by atoms with Crippen molar-refractivity contribution in [2.75, 3.05) is 13.1 Å². The zero-order chi connectivity index (χ0) is 13.5. The first-order valence-corrected chi connectivity index (χ1v) is 5.79. The van der Waals surface area contributed by atoms with E-state index in [2.05, 4.69) is 5.32 Å². The molecule has 0 aliphatic carbocycles. The molecule has 0 atom stereocenters. The molecule has 1 rings (SSSR count). The Hall–Kier alpha value is -1.98. The molecule has 1 aromatic heterocycles. The molecule has 100 valence electrons. The van der Waals surface area contributed by atoms with E-state index in [4.69, 9.17) is 9.52 Å². The van der Waals surface area contributed by atoms with Crippen molar-refractivity contribution in [3.05, 3.63) is 24.2 Å². The number of carbonyl (C=O) groups excluding carboxylic acids is 1. The average molecular weight is 254 g/mol. The van der Waals surface area contributed by atoms with Gasteiger partial charge in [0.25, 0.3) is 0 Å². The fourth-order valence-corrected chi connectivity index (χ4v) is 1.48. The number of carboxylic acid groups (broad SMARTS) is 1. The second-order valence-corrected chi connectivity index (χ2v) is 4.18. The van der Waals surface area contributed by atoms with Gasteiger partial charge in [-0.05, 0) is 26.0 Å². The Balaban J connectivity index is 2.39. The summed E-state index contributed by atoms with van der Waals surface area (Å²) in [4.78, 5) is 23.7. The number of hydrogen-bond donors (Lipinski definition) is 2. The van der Waals surface area contributed by atoms with E-state index in [1.54, 1.807) is 26.2 Å². The Labute approximate surface area is 106 Å². The summed E-state index contributed by atoms with van der Waals surface area (Å²) >= 11 is 0. The van der Waals surface area contributed by atoms with Gasteiger partial charge in [0.2, 0.25) is 0 Å². The number of carboxylic acids is 1. The average Bonchev–Trinajstić information content (AvgIpc) is 2.78. The fourth-order valence-electron chi connectivity index (χ4n) is 1.48. The predicted octanol–water partition coefficient (Wildman–Crippen LogP) is 1.33. The van der Waals surface area contributed by atoms with Gasteiger partial charge in [0.15, 0.2) is 0 Å². The van der Waals surface area contributed by atoms with Crippen LogP contribution in [0.1, 0.15) is 19.6 Å². The Morgan fingerprint density at radius 2 is 2.22 bits per heavy atom. The van der Waals surface area contributed by atoms with Crippen molar-refractivity contribution in [1.29, 1.82) is 0 Å². The van der Waals surface area contributed by atoms with Gasteiger partial charge >= 0.3 is 12.0 Å². The fraction of sp³-hybridized carbons (Fsp3) is 0.500. The molecule has 0 fully saturated rings. The van der Waals surface area contributed by atoms with Crippen LogP contribution in [0.2, 0.25) is 0 Å². The number of furan rings is 1. The van der Waals surface area contributed by atoms with Crippen LogP contribution in [0.15, 0.2) is 22.8 Å². The summed E-state index contributed by atoms with van der Waals surface area (Å²) in [7, 11) is 0. The molecule has 2 N–H and O–H groups in total. The molecule has 6 heteroatoms. The minimum absolute atomic E-state index is 0.162. The molecule has 0 bridgehead atoms. The maximum Gasteiger partial charge on any atom is 0.323 e. The van der Waals surface area contributed by atoms with Gasteiger partial charge < -0.3 is 19.7 Å². The molecule has 0 unspecified atom stereocenters. The smallest absolute Gasteiger partial charge is 0.323 e. The van der Waals surface area contributed by atoms with Crippen molar-refractivity contribution < 1.29 is 19.1 Å². The van der Waals surface area contributed by atoms with Crippen LogP contribution in [0.4, 0.5) is 4.79 Å². The molecule has 0 aromatic carbocycles. The molecule has 18 heavy (non-hydrogen) atoms. The van der Waals surface area contributed by atoms with Crippen molar-refractivity contribution in [2.45, 2.75) is 26.3 Å². The van der Waals surface area contributed by atoms with E-state index in [9.17, 15) is 9.59 Å². The van der Waals surface area contributed by atoms with E-state index in [0.717, 1.165) is 5.76 Å². The lowest BCUT2D eigenvalue weighted by Gasteiger charge is -2.24. The Bertz CT molecular complexity index is 387. The Morgan fingerprint density at radius 1 is 1.50 bits per heavy atom. The van der Waals surface area contributed by atoms with Gasteiger partial charge in [0.1, 0.15) is 12.3 Å². The first-order valence-electron chi connectivity index (χ1n) is 5.79. The quantitative estimate of drug-likeness (QED) is 0.802. The highest BCUT2D eigenvalue weighted by molar-refractivity contribution is 5.80. The number of urea groups is 1. The lowest BCUT2D eigenvalue weighted by Crippen LogP contribution is -2.46. The minimum atomic E-state index is -1.02. The van der Waals surface area contributed by atoms with E-state index >= 15 is 0 Å². The van der Waals surface area contributed by atoms with Gasteiger partial charge in [-0.1, -0.05) is 0 Å². The third-order valence-electron chi connectivity index (χ3n) is 2.42. The van der Waals surface area contributed by atoms with Crippen LogP contribution in [0.5, 0.6) is 0 Å². The maximum atomic E-state index is 11.8. The second kappa shape index (κ2) is 6.68. The molecule has 1 aromatic rings. The SMILES string of the molecule is CC(C)N(CC(=O)O)C(=O)NCCc1ccco1. The zero-order valence-electron chi connectivity index (χ0n) is 10.5. The van der Waals surface area contributed by atoms with Crippen LogP contribution >= 0.6 is 0 Å². The first-order chi connectivity index (χ1) is 8.50. The minimum Gasteiger partial charge on any atom is -0.480 e. The van der Waals surface area contributed by atoms with E-state index in [-0.39, 0.29) is 18.6 Å². The second-order valence-electron chi connectivity index (χ2n) is 4.18.